The summed E-state index contributed by atoms with van der Waals surface area (Å²) in [5.74, 6) is 0.995. The molecule has 9 aromatic rings. The van der Waals surface area contributed by atoms with Crippen LogP contribution in [0.4, 0.5) is 0 Å². The van der Waals surface area contributed by atoms with Crippen LogP contribution in [0.1, 0.15) is 6.92 Å². The van der Waals surface area contributed by atoms with Crippen molar-refractivity contribution in [3.05, 3.63) is 152 Å². The summed E-state index contributed by atoms with van der Waals surface area (Å²) >= 11 is 0. The van der Waals surface area contributed by atoms with Crippen molar-refractivity contribution in [2.45, 2.75) is 13.5 Å². The number of benzene rings is 6. The third-order valence-electron chi connectivity index (χ3n) is 9.19. The van der Waals surface area contributed by atoms with Gasteiger partial charge < -0.3 is 4.57 Å². The van der Waals surface area contributed by atoms with Gasteiger partial charge in [0.15, 0.2) is 0 Å². The molecule has 0 spiro atoms. The van der Waals surface area contributed by atoms with Gasteiger partial charge in [0.1, 0.15) is 5.82 Å². The molecule has 0 saturated heterocycles. The van der Waals surface area contributed by atoms with Crippen LogP contribution in [0.2, 0.25) is 0 Å². The fourth-order valence-corrected chi connectivity index (χ4v) is 6.91. The van der Waals surface area contributed by atoms with Gasteiger partial charge >= 0.3 is 0 Å². The summed E-state index contributed by atoms with van der Waals surface area (Å²) in [7, 11) is 0. The molecule has 0 aliphatic heterocycles. The smallest absolute Gasteiger partial charge is 0.141 e. The number of pyridine rings is 2. The molecule has 6 aromatic carbocycles. The fraction of sp³-hybridized carbons (Fsp3) is 0.0465. The van der Waals surface area contributed by atoms with E-state index in [4.69, 9.17) is 15.0 Å². The Morgan fingerprint density at radius 1 is 0.447 bits per heavy atom. The Labute approximate surface area is 272 Å². The molecule has 0 amide bonds. The van der Waals surface area contributed by atoms with E-state index in [2.05, 4.69) is 151 Å². The van der Waals surface area contributed by atoms with Gasteiger partial charge in [0.05, 0.1) is 33.5 Å². The minimum atomic E-state index is 0.860. The molecule has 0 bridgehead atoms. The minimum Gasteiger partial charge on any atom is -0.324 e. The van der Waals surface area contributed by atoms with Crippen LogP contribution in [-0.2, 0) is 6.54 Å². The monoisotopic (exact) mass is 602 g/mol. The normalized spacial score (nSPS) is 11.6. The van der Waals surface area contributed by atoms with Gasteiger partial charge in [-0.05, 0) is 65.9 Å². The average Bonchev–Trinajstić information content (AvgIpc) is 3.53. The summed E-state index contributed by atoms with van der Waals surface area (Å²) in [4.78, 5) is 15.3. The van der Waals surface area contributed by atoms with E-state index in [1.807, 2.05) is 12.1 Å². The van der Waals surface area contributed by atoms with Crippen LogP contribution in [0.25, 0.3) is 88.6 Å². The summed E-state index contributed by atoms with van der Waals surface area (Å²) in [6, 6.07) is 53.3. The molecule has 47 heavy (non-hydrogen) atoms. The van der Waals surface area contributed by atoms with Gasteiger partial charge in [0, 0.05) is 39.4 Å². The van der Waals surface area contributed by atoms with Crippen molar-refractivity contribution >= 4 is 43.6 Å². The SMILES string of the molecule is CCn1c(-c2cccc(-c3ccc(-c4nc5ccccc5c5ccc6nc(-c7ccccc7)ccc6c45)cc3)c2)nc2ccccc21. The predicted molar refractivity (Wildman–Crippen MR) is 195 cm³/mol. The van der Waals surface area contributed by atoms with Crippen molar-refractivity contribution in [1.29, 1.82) is 0 Å². The van der Waals surface area contributed by atoms with E-state index >= 15 is 0 Å². The molecule has 0 unspecified atom stereocenters. The maximum atomic E-state index is 5.26. The summed E-state index contributed by atoms with van der Waals surface area (Å²) in [5, 5.41) is 4.56. The Balaban J connectivity index is 1.17. The maximum Gasteiger partial charge on any atom is 0.141 e. The van der Waals surface area contributed by atoms with Crippen LogP contribution in [0, 0.1) is 0 Å². The van der Waals surface area contributed by atoms with Crippen molar-refractivity contribution in [3.63, 3.8) is 0 Å². The molecular weight excluding hydrogens is 573 g/mol. The highest BCUT2D eigenvalue weighted by Crippen LogP contribution is 2.38. The molecule has 3 heterocycles. The Morgan fingerprint density at radius 2 is 1.13 bits per heavy atom. The molecule has 0 aliphatic carbocycles. The van der Waals surface area contributed by atoms with Gasteiger partial charge in [-0.2, -0.15) is 0 Å². The lowest BCUT2D eigenvalue weighted by atomic mass is 9.95. The van der Waals surface area contributed by atoms with Gasteiger partial charge in [-0.3, -0.25) is 0 Å². The van der Waals surface area contributed by atoms with E-state index in [0.717, 1.165) is 89.8 Å². The zero-order valence-electron chi connectivity index (χ0n) is 25.9. The zero-order valence-corrected chi connectivity index (χ0v) is 25.9. The van der Waals surface area contributed by atoms with E-state index in [1.165, 1.54) is 5.39 Å². The number of hydrogen-bond donors (Lipinski definition) is 0. The van der Waals surface area contributed by atoms with E-state index in [9.17, 15) is 0 Å². The Hall–Kier alpha value is -6.13. The third kappa shape index (κ3) is 4.57. The standard InChI is InChI=1S/C43H30N4/c1-2-47-40-18-9-8-17-39(40)46-43(47)32-14-10-13-31(27-32)28-19-21-30(22-20-28)42-41-34(33-15-6-7-16-37(33)45-42)23-26-38-35(41)24-25-36(44-38)29-11-4-3-5-12-29/h3-27H,2H2,1H3. The number of para-hydroxylation sites is 3. The lowest BCUT2D eigenvalue weighted by molar-refractivity contribution is 0.796. The number of aromatic nitrogens is 4. The lowest BCUT2D eigenvalue weighted by Gasteiger charge is -2.14. The lowest BCUT2D eigenvalue weighted by Crippen LogP contribution is -1.97. The zero-order chi connectivity index (χ0) is 31.3. The van der Waals surface area contributed by atoms with Gasteiger partial charge in [0.2, 0.25) is 0 Å². The second-order valence-corrected chi connectivity index (χ2v) is 11.9. The van der Waals surface area contributed by atoms with E-state index in [0.29, 0.717) is 0 Å². The second kappa shape index (κ2) is 11.0. The average molecular weight is 603 g/mol. The molecule has 0 aliphatic rings. The van der Waals surface area contributed by atoms with E-state index in [1.54, 1.807) is 0 Å². The molecule has 9 rings (SSSR count). The number of aryl methyl sites for hydroxylation is 1. The molecular formula is C43H30N4. The molecule has 3 aromatic heterocycles. The highest BCUT2D eigenvalue weighted by atomic mass is 15.1. The quantitative estimate of drug-likeness (QED) is 0.184. The fourth-order valence-electron chi connectivity index (χ4n) is 6.91. The van der Waals surface area contributed by atoms with Crippen LogP contribution in [-0.4, -0.2) is 19.5 Å². The van der Waals surface area contributed by atoms with Crippen molar-refractivity contribution in [2.75, 3.05) is 0 Å². The van der Waals surface area contributed by atoms with E-state index < -0.39 is 0 Å². The van der Waals surface area contributed by atoms with Crippen LogP contribution < -0.4 is 0 Å². The molecule has 222 valence electrons. The first-order valence-corrected chi connectivity index (χ1v) is 16.1. The van der Waals surface area contributed by atoms with Gasteiger partial charge in [-0.1, -0.05) is 109 Å². The first-order valence-electron chi connectivity index (χ1n) is 16.1. The molecule has 0 radical (unpaired) electrons. The van der Waals surface area contributed by atoms with Crippen molar-refractivity contribution in [2.24, 2.45) is 0 Å². The van der Waals surface area contributed by atoms with Crippen LogP contribution in [0.5, 0.6) is 0 Å². The number of fused-ring (bicyclic) bond motifs is 6. The number of hydrogen-bond acceptors (Lipinski definition) is 3. The Morgan fingerprint density at radius 3 is 1.98 bits per heavy atom. The molecule has 0 fully saturated rings. The summed E-state index contributed by atoms with van der Waals surface area (Å²) in [6.07, 6.45) is 0. The summed E-state index contributed by atoms with van der Waals surface area (Å²) in [6.45, 7) is 3.03. The second-order valence-electron chi connectivity index (χ2n) is 11.9. The van der Waals surface area contributed by atoms with E-state index in [-0.39, 0.29) is 0 Å². The number of imidazole rings is 1. The summed E-state index contributed by atoms with van der Waals surface area (Å²) in [5.41, 5.74) is 11.7. The largest absolute Gasteiger partial charge is 0.324 e. The Bertz CT molecular complexity index is 2600. The van der Waals surface area contributed by atoms with Crippen LogP contribution in [0.3, 0.4) is 0 Å². The van der Waals surface area contributed by atoms with Crippen molar-refractivity contribution in [1.82, 2.24) is 19.5 Å². The summed E-state index contributed by atoms with van der Waals surface area (Å²) < 4.78 is 2.29. The van der Waals surface area contributed by atoms with Gasteiger partial charge in [0.25, 0.3) is 0 Å². The number of rotatable bonds is 5. The maximum absolute atomic E-state index is 5.26. The Kier molecular flexibility index (Phi) is 6.39. The highest BCUT2D eigenvalue weighted by Gasteiger charge is 2.16. The topological polar surface area (TPSA) is 43.6 Å². The van der Waals surface area contributed by atoms with Crippen LogP contribution in [0.15, 0.2) is 152 Å². The minimum absolute atomic E-state index is 0.860. The van der Waals surface area contributed by atoms with Crippen molar-refractivity contribution in [3.8, 4) is 45.0 Å². The van der Waals surface area contributed by atoms with Crippen LogP contribution >= 0.6 is 0 Å². The third-order valence-corrected chi connectivity index (χ3v) is 9.19. The van der Waals surface area contributed by atoms with Gasteiger partial charge in [-0.25, -0.2) is 15.0 Å². The molecule has 0 N–H and O–H groups in total. The molecule has 4 nitrogen and oxygen atoms in total. The first kappa shape index (κ1) is 27.2. The molecule has 0 atom stereocenters. The van der Waals surface area contributed by atoms with Crippen molar-refractivity contribution < 1.29 is 0 Å². The highest BCUT2D eigenvalue weighted by molar-refractivity contribution is 6.20. The molecule has 0 saturated carbocycles. The van der Waals surface area contributed by atoms with Gasteiger partial charge in [-0.15, -0.1) is 0 Å². The number of nitrogens with zero attached hydrogens (tertiary/aromatic N) is 4. The predicted octanol–water partition coefficient (Wildman–Crippen LogP) is 11.0. The molecule has 4 heteroatoms. The first-order chi connectivity index (χ1) is 23.2.